The molecule has 4 heteroatoms. The van der Waals surface area contributed by atoms with Crippen LogP contribution in [0.2, 0.25) is 0 Å². The SMILES string of the molecule is [O-][S+](c1cccc(Br)c1)c1cccc(Br)c1. The third-order valence-electron chi connectivity index (χ3n) is 2.02. The summed E-state index contributed by atoms with van der Waals surface area (Å²) in [7, 11) is 0. The zero-order valence-electron chi connectivity index (χ0n) is 8.19. The van der Waals surface area contributed by atoms with Gasteiger partial charge in [0.1, 0.15) is 0 Å². The molecule has 0 aliphatic rings. The standard InChI is InChI=1S/C12H8Br2OS/c13-9-3-1-5-11(7-9)16(15)12-6-2-4-10(14)8-12/h1-8H. The zero-order valence-corrected chi connectivity index (χ0v) is 12.2. The molecule has 0 aliphatic heterocycles. The molecule has 1 nitrogen and oxygen atoms in total. The van der Waals surface area contributed by atoms with E-state index in [1.807, 2.05) is 48.5 Å². The molecule has 0 fully saturated rings. The first-order chi connectivity index (χ1) is 7.66. The van der Waals surface area contributed by atoms with Crippen LogP contribution < -0.4 is 0 Å². The Bertz CT molecular complexity index is 456. The minimum absolute atomic E-state index is 0.799. The number of benzene rings is 2. The molecule has 0 saturated heterocycles. The van der Waals surface area contributed by atoms with E-state index in [-0.39, 0.29) is 0 Å². The van der Waals surface area contributed by atoms with Crippen LogP contribution in [0.4, 0.5) is 0 Å². The van der Waals surface area contributed by atoms with Crippen molar-refractivity contribution in [2.45, 2.75) is 9.79 Å². The first kappa shape index (κ1) is 12.2. The lowest BCUT2D eigenvalue weighted by Gasteiger charge is -2.10. The van der Waals surface area contributed by atoms with Crippen LogP contribution in [0.3, 0.4) is 0 Å². The van der Waals surface area contributed by atoms with Gasteiger partial charge in [0.2, 0.25) is 0 Å². The maximum absolute atomic E-state index is 12.2. The van der Waals surface area contributed by atoms with Crippen molar-refractivity contribution in [2.24, 2.45) is 0 Å². The quantitative estimate of drug-likeness (QED) is 0.729. The summed E-state index contributed by atoms with van der Waals surface area (Å²) < 4.78 is 14.1. The molecule has 0 atom stereocenters. The van der Waals surface area contributed by atoms with Gasteiger partial charge in [-0.2, -0.15) is 0 Å². The Morgan fingerprint density at radius 1 is 0.812 bits per heavy atom. The van der Waals surface area contributed by atoms with E-state index in [0.29, 0.717) is 0 Å². The van der Waals surface area contributed by atoms with Gasteiger partial charge in [0, 0.05) is 32.3 Å². The van der Waals surface area contributed by atoms with Crippen LogP contribution >= 0.6 is 31.9 Å². The molecule has 0 spiro atoms. The van der Waals surface area contributed by atoms with Crippen LogP contribution in [-0.4, -0.2) is 4.55 Å². The third kappa shape index (κ3) is 2.88. The normalized spacial score (nSPS) is 10.8. The van der Waals surface area contributed by atoms with Crippen LogP contribution in [0.1, 0.15) is 0 Å². The molecule has 82 valence electrons. The fourth-order valence-corrected chi connectivity index (χ4v) is 3.55. The van der Waals surface area contributed by atoms with Gasteiger partial charge in [-0.3, -0.25) is 0 Å². The first-order valence-corrected chi connectivity index (χ1v) is 7.33. The predicted octanol–water partition coefficient (Wildman–Crippen LogP) is 4.38. The zero-order chi connectivity index (χ0) is 11.5. The van der Waals surface area contributed by atoms with Crippen molar-refractivity contribution in [3.63, 3.8) is 0 Å². The minimum atomic E-state index is -1.13. The largest absolute Gasteiger partial charge is 0.606 e. The van der Waals surface area contributed by atoms with E-state index < -0.39 is 11.2 Å². The fourth-order valence-electron chi connectivity index (χ4n) is 1.30. The van der Waals surface area contributed by atoms with E-state index in [1.165, 1.54) is 0 Å². The summed E-state index contributed by atoms with van der Waals surface area (Å²) in [6.07, 6.45) is 0. The summed E-state index contributed by atoms with van der Waals surface area (Å²) >= 11 is 5.62. The smallest absolute Gasteiger partial charge is 0.159 e. The van der Waals surface area contributed by atoms with Crippen molar-refractivity contribution in [3.05, 3.63) is 57.5 Å². The lowest BCUT2D eigenvalue weighted by atomic mass is 10.4. The van der Waals surface area contributed by atoms with Crippen molar-refractivity contribution in [1.29, 1.82) is 0 Å². The topological polar surface area (TPSA) is 23.1 Å². The van der Waals surface area contributed by atoms with Crippen LogP contribution in [-0.2, 0) is 11.2 Å². The van der Waals surface area contributed by atoms with E-state index in [1.54, 1.807) is 0 Å². The van der Waals surface area contributed by atoms with Gasteiger partial charge >= 0.3 is 0 Å². The summed E-state index contributed by atoms with van der Waals surface area (Å²) in [5, 5.41) is 0. The van der Waals surface area contributed by atoms with Crippen molar-refractivity contribution >= 4 is 43.0 Å². The Morgan fingerprint density at radius 3 is 1.62 bits per heavy atom. The van der Waals surface area contributed by atoms with E-state index in [0.717, 1.165) is 18.7 Å². The molecule has 0 bridgehead atoms. The molecule has 0 radical (unpaired) electrons. The van der Waals surface area contributed by atoms with Crippen LogP contribution in [0.5, 0.6) is 0 Å². The average molecular weight is 360 g/mol. The maximum atomic E-state index is 12.2. The Balaban J connectivity index is 2.35. The Kier molecular flexibility index (Phi) is 4.08. The minimum Gasteiger partial charge on any atom is -0.606 e. The molecule has 0 aromatic heterocycles. The lowest BCUT2D eigenvalue weighted by Crippen LogP contribution is -2.01. The Morgan fingerprint density at radius 2 is 1.25 bits per heavy atom. The van der Waals surface area contributed by atoms with Gasteiger partial charge in [-0.15, -0.1) is 0 Å². The molecule has 0 N–H and O–H groups in total. The Labute approximate surface area is 114 Å². The van der Waals surface area contributed by atoms with Crippen molar-refractivity contribution in [3.8, 4) is 0 Å². The fraction of sp³-hybridized carbons (Fsp3) is 0. The number of halogens is 2. The van der Waals surface area contributed by atoms with Gasteiger partial charge in [-0.25, -0.2) is 0 Å². The molecule has 0 unspecified atom stereocenters. The molecule has 2 aromatic carbocycles. The monoisotopic (exact) mass is 358 g/mol. The summed E-state index contributed by atoms with van der Waals surface area (Å²) in [5.74, 6) is 0. The van der Waals surface area contributed by atoms with Crippen LogP contribution in [0.25, 0.3) is 0 Å². The van der Waals surface area contributed by atoms with Crippen molar-refractivity contribution < 1.29 is 4.55 Å². The van der Waals surface area contributed by atoms with Gasteiger partial charge in [-0.1, -0.05) is 44.0 Å². The highest BCUT2D eigenvalue weighted by molar-refractivity contribution is 9.10. The lowest BCUT2D eigenvalue weighted by molar-refractivity contribution is 0.595. The summed E-state index contributed by atoms with van der Waals surface area (Å²) in [6, 6.07) is 15.1. The van der Waals surface area contributed by atoms with Crippen molar-refractivity contribution in [2.75, 3.05) is 0 Å². The molecule has 2 rings (SSSR count). The molecule has 2 aromatic rings. The third-order valence-corrected chi connectivity index (χ3v) is 4.37. The predicted molar refractivity (Wildman–Crippen MR) is 73.0 cm³/mol. The molecule has 0 saturated carbocycles. The van der Waals surface area contributed by atoms with Crippen molar-refractivity contribution in [1.82, 2.24) is 0 Å². The Hall–Kier alpha value is -0.290. The summed E-state index contributed by atoms with van der Waals surface area (Å²) in [4.78, 5) is 1.60. The van der Waals surface area contributed by atoms with E-state index in [9.17, 15) is 4.55 Å². The number of hydrogen-bond acceptors (Lipinski definition) is 1. The molecule has 0 heterocycles. The van der Waals surface area contributed by atoms with Gasteiger partial charge in [-0.05, 0) is 24.3 Å². The summed E-state index contributed by atoms with van der Waals surface area (Å²) in [5.41, 5.74) is 0. The first-order valence-electron chi connectivity index (χ1n) is 4.60. The second kappa shape index (κ2) is 5.36. The van der Waals surface area contributed by atoms with Gasteiger partial charge < -0.3 is 4.55 Å². The highest BCUT2D eigenvalue weighted by atomic mass is 79.9. The van der Waals surface area contributed by atoms with E-state index in [4.69, 9.17) is 0 Å². The number of hydrogen-bond donors (Lipinski definition) is 0. The van der Waals surface area contributed by atoms with E-state index in [2.05, 4.69) is 31.9 Å². The molecular weight excluding hydrogens is 352 g/mol. The molecule has 16 heavy (non-hydrogen) atoms. The van der Waals surface area contributed by atoms with Gasteiger partial charge in [0.05, 0.1) is 0 Å². The van der Waals surface area contributed by atoms with Crippen LogP contribution in [0, 0.1) is 0 Å². The highest BCUT2D eigenvalue weighted by Gasteiger charge is 2.14. The second-order valence-corrected chi connectivity index (χ2v) is 6.50. The maximum Gasteiger partial charge on any atom is 0.159 e. The molecular formula is C12H8Br2OS. The molecule has 0 aliphatic carbocycles. The summed E-state index contributed by atoms with van der Waals surface area (Å²) in [6.45, 7) is 0. The molecule has 0 amide bonds. The van der Waals surface area contributed by atoms with Crippen LogP contribution in [0.15, 0.2) is 67.3 Å². The second-order valence-electron chi connectivity index (χ2n) is 3.18. The van der Waals surface area contributed by atoms with Gasteiger partial charge in [0.25, 0.3) is 0 Å². The highest BCUT2D eigenvalue weighted by Crippen LogP contribution is 2.25. The average Bonchev–Trinajstić information content (AvgIpc) is 2.28. The number of rotatable bonds is 2. The van der Waals surface area contributed by atoms with Gasteiger partial charge in [0.15, 0.2) is 9.79 Å². The van der Waals surface area contributed by atoms with E-state index >= 15 is 0 Å².